The van der Waals surface area contributed by atoms with Gasteiger partial charge in [0.25, 0.3) is 0 Å². The fourth-order valence-electron chi connectivity index (χ4n) is 1.25. The van der Waals surface area contributed by atoms with Crippen LogP contribution in [0.1, 0.15) is 38.5 Å². The van der Waals surface area contributed by atoms with Crippen molar-refractivity contribution in [2.75, 3.05) is 11.8 Å². The van der Waals surface area contributed by atoms with Gasteiger partial charge in [-0.15, -0.1) is 23.2 Å². The highest BCUT2D eigenvalue weighted by atomic mass is 35.5. The van der Waals surface area contributed by atoms with E-state index in [1.807, 2.05) is 0 Å². The predicted molar refractivity (Wildman–Crippen MR) is 78.0 cm³/mol. The van der Waals surface area contributed by atoms with Crippen LogP contribution in [0.3, 0.4) is 0 Å². The van der Waals surface area contributed by atoms with Gasteiger partial charge in [0.2, 0.25) is 0 Å². The van der Waals surface area contributed by atoms with E-state index in [0.717, 1.165) is 25.7 Å². The highest BCUT2D eigenvalue weighted by molar-refractivity contribution is 6.62. The van der Waals surface area contributed by atoms with Crippen LogP contribution in [0, 0.1) is 0 Å². The third-order valence-electron chi connectivity index (χ3n) is 2.28. The minimum Gasteiger partial charge on any atom is -0.127 e. The summed E-state index contributed by atoms with van der Waals surface area (Å²) in [6.07, 6.45) is 4.41. The Morgan fingerprint density at radius 1 is 0.562 bits per heavy atom. The van der Waals surface area contributed by atoms with Gasteiger partial charge in [-0.2, -0.15) is 0 Å². The van der Waals surface area contributed by atoms with Gasteiger partial charge in [0.1, 0.15) is 0 Å². The highest BCUT2D eigenvalue weighted by Gasteiger charge is 2.45. The second-order valence-electron chi connectivity index (χ2n) is 3.70. The fraction of sp³-hybridized carbons (Fsp3) is 1.00. The molecule has 0 bridgehead atoms. The third-order valence-corrected chi connectivity index (χ3v) is 5.25. The lowest BCUT2D eigenvalue weighted by molar-refractivity contribution is 0.529. The quantitative estimate of drug-likeness (QED) is 0.346. The number of unbranched alkanes of at least 4 members (excludes halogenated alkanes) is 2. The molecule has 6 heteroatoms. The summed E-state index contributed by atoms with van der Waals surface area (Å²) < 4.78 is -2.26. The van der Waals surface area contributed by atoms with Crippen molar-refractivity contribution in [3.63, 3.8) is 0 Å². The standard InChI is InChI=1S/C10H16Cl6/c11-7-3-1-5-9(13,14)10(15,16)6-2-4-8-12/h1-8H2. The average Bonchev–Trinajstić information content (AvgIpc) is 2.18. The van der Waals surface area contributed by atoms with E-state index in [4.69, 9.17) is 69.6 Å². The number of rotatable bonds is 9. The van der Waals surface area contributed by atoms with Gasteiger partial charge in [0, 0.05) is 11.8 Å². The fourth-order valence-corrected chi connectivity index (χ4v) is 2.54. The van der Waals surface area contributed by atoms with Gasteiger partial charge in [-0.3, -0.25) is 0 Å². The van der Waals surface area contributed by atoms with Gasteiger partial charge in [-0.1, -0.05) is 46.4 Å². The Kier molecular flexibility index (Phi) is 9.73. The van der Waals surface area contributed by atoms with E-state index in [1.165, 1.54) is 0 Å². The molecule has 0 aliphatic rings. The van der Waals surface area contributed by atoms with Crippen LogP contribution >= 0.6 is 69.6 Å². The summed E-state index contributed by atoms with van der Waals surface area (Å²) in [5, 5.41) is 0. The molecule has 0 saturated heterocycles. The molecule has 0 spiro atoms. The molecular formula is C10H16Cl6. The van der Waals surface area contributed by atoms with E-state index in [1.54, 1.807) is 0 Å². The van der Waals surface area contributed by atoms with E-state index in [9.17, 15) is 0 Å². The van der Waals surface area contributed by atoms with Crippen LogP contribution in [0.2, 0.25) is 0 Å². The van der Waals surface area contributed by atoms with Crippen molar-refractivity contribution in [1.82, 2.24) is 0 Å². The number of halogens is 6. The van der Waals surface area contributed by atoms with Crippen molar-refractivity contribution in [2.24, 2.45) is 0 Å². The van der Waals surface area contributed by atoms with Crippen LogP contribution in [0.25, 0.3) is 0 Å². The Morgan fingerprint density at radius 3 is 1.12 bits per heavy atom. The van der Waals surface area contributed by atoms with E-state index >= 15 is 0 Å². The van der Waals surface area contributed by atoms with Gasteiger partial charge in [-0.25, -0.2) is 0 Å². The molecule has 16 heavy (non-hydrogen) atoms. The Morgan fingerprint density at radius 2 is 0.875 bits per heavy atom. The van der Waals surface area contributed by atoms with E-state index < -0.39 is 8.67 Å². The average molecular weight is 349 g/mol. The van der Waals surface area contributed by atoms with Crippen LogP contribution in [0.5, 0.6) is 0 Å². The number of hydrogen-bond donors (Lipinski definition) is 0. The molecule has 0 atom stereocenters. The van der Waals surface area contributed by atoms with Crippen LogP contribution < -0.4 is 0 Å². The number of alkyl halides is 6. The molecule has 0 amide bonds. The van der Waals surface area contributed by atoms with Crippen molar-refractivity contribution in [3.05, 3.63) is 0 Å². The molecule has 0 aromatic rings. The van der Waals surface area contributed by atoms with Crippen LogP contribution in [0.4, 0.5) is 0 Å². The zero-order valence-corrected chi connectivity index (χ0v) is 13.5. The summed E-state index contributed by atoms with van der Waals surface area (Å²) in [6.45, 7) is 0. The minimum atomic E-state index is -1.13. The molecule has 0 aliphatic heterocycles. The molecule has 0 radical (unpaired) electrons. The Labute approximate surface area is 128 Å². The summed E-state index contributed by atoms with van der Waals surface area (Å²) in [7, 11) is 0. The molecule has 0 unspecified atom stereocenters. The van der Waals surface area contributed by atoms with E-state index in [-0.39, 0.29) is 0 Å². The van der Waals surface area contributed by atoms with Crippen molar-refractivity contribution in [3.8, 4) is 0 Å². The molecule has 0 heterocycles. The topological polar surface area (TPSA) is 0 Å². The summed E-state index contributed by atoms with van der Waals surface area (Å²) >= 11 is 35.8. The van der Waals surface area contributed by atoms with Crippen molar-refractivity contribution < 1.29 is 0 Å². The SMILES string of the molecule is ClCCCCC(Cl)(Cl)C(Cl)(Cl)CCCCCl. The molecular weight excluding hydrogens is 333 g/mol. The Bertz CT molecular complexity index is 160. The maximum Gasteiger partial charge on any atom is 0.151 e. The van der Waals surface area contributed by atoms with Gasteiger partial charge in [-0.05, 0) is 38.5 Å². The summed E-state index contributed by atoms with van der Waals surface area (Å²) in [4.78, 5) is 0. The van der Waals surface area contributed by atoms with Gasteiger partial charge < -0.3 is 0 Å². The van der Waals surface area contributed by atoms with Crippen LogP contribution in [0.15, 0.2) is 0 Å². The smallest absolute Gasteiger partial charge is 0.127 e. The second kappa shape index (κ2) is 8.77. The molecule has 0 N–H and O–H groups in total. The summed E-state index contributed by atoms with van der Waals surface area (Å²) in [5.74, 6) is 1.18. The molecule has 98 valence electrons. The summed E-state index contributed by atoms with van der Waals surface area (Å²) in [6, 6.07) is 0. The van der Waals surface area contributed by atoms with Crippen molar-refractivity contribution in [1.29, 1.82) is 0 Å². The third kappa shape index (κ3) is 6.61. The van der Waals surface area contributed by atoms with Gasteiger partial charge in [0.15, 0.2) is 8.67 Å². The predicted octanol–water partition coefficient (Wildman–Crippen LogP) is 6.15. The lowest BCUT2D eigenvalue weighted by Gasteiger charge is -2.33. The first-order chi connectivity index (χ1) is 7.37. The van der Waals surface area contributed by atoms with Crippen molar-refractivity contribution in [2.45, 2.75) is 47.2 Å². The van der Waals surface area contributed by atoms with E-state index in [0.29, 0.717) is 24.6 Å². The molecule has 0 aromatic carbocycles. The molecule has 0 aromatic heterocycles. The highest BCUT2D eigenvalue weighted by Crippen LogP contribution is 2.48. The maximum atomic E-state index is 6.17. The second-order valence-corrected chi connectivity index (χ2v) is 7.42. The Hall–Kier alpha value is 1.74. The molecule has 0 nitrogen and oxygen atoms in total. The van der Waals surface area contributed by atoms with Gasteiger partial charge in [0.05, 0.1) is 0 Å². The summed E-state index contributed by atoms with van der Waals surface area (Å²) in [5.41, 5.74) is 0. The van der Waals surface area contributed by atoms with Crippen LogP contribution in [-0.2, 0) is 0 Å². The van der Waals surface area contributed by atoms with Crippen LogP contribution in [-0.4, -0.2) is 20.4 Å². The molecule has 0 saturated carbocycles. The maximum absolute atomic E-state index is 6.17. The molecule has 0 aliphatic carbocycles. The van der Waals surface area contributed by atoms with Crippen molar-refractivity contribution >= 4 is 69.6 Å². The monoisotopic (exact) mass is 346 g/mol. The zero-order valence-electron chi connectivity index (χ0n) is 8.92. The molecule has 0 fully saturated rings. The first-order valence-electron chi connectivity index (χ1n) is 5.25. The minimum absolute atomic E-state index is 0.538. The first-order valence-corrected chi connectivity index (χ1v) is 7.83. The van der Waals surface area contributed by atoms with Gasteiger partial charge >= 0.3 is 0 Å². The lowest BCUT2D eigenvalue weighted by atomic mass is 10.1. The Balaban J connectivity index is 4.11. The molecule has 0 rings (SSSR count). The van der Waals surface area contributed by atoms with E-state index in [2.05, 4.69) is 0 Å². The zero-order chi connectivity index (χ0) is 12.7. The lowest BCUT2D eigenvalue weighted by Crippen LogP contribution is -2.36. The largest absolute Gasteiger partial charge is 0.151 e. The number of hydrogen-bond acceptors (Lipinski definition) is 0. The first kappa shape index (κ1) is 17.7. The normalized spacial score (nSPS) is 13.1.